The maximum absolute atomic E-state index is 13.3. The summed E-state index contributed by atoms with van der Waals surface area (Å²) in [6.45, 7) is 1.53. The number of likely N-dealkylation sites (tertiary alicyclic amines) is 1. The van der Waals surface area contributed by atoms with E-state index in [-0.39, 0.29) is 30.3 Å². The van der Waals surface area contributed by atoms with Crippen molar-refractivity contribution in [3.8, 4) is 0 Å². The maximum Gasteiger partial charge on any atom is 0.409 e. The molecule has 1 saturated heterocycles. The van der Waals surface area contributed by atoms with Gasteiger partial charge in [0.25, 0.3) is 0 Å². The normalized spacial score (nSPS) is 19.2. The minimum absolute atomic E-state index is 0.0521. The number of thiazole rings is 1. The van der Waals surface area contributed by atoms with Gasteiger partial charge in [-0.1, -0.05) is 11.6 Å². The second kappa shape index (κ2) is 9.90. The van der Waals surface area contributed by atoms with E-state index in [9.17, 15) is 14.4 Å². The fourth-order valence-corrected chi connectivity index (χ4v) is 6.64. The number of amides is 2. The van der Waals surface area contributed by atoms with Crippen molar-refractivity contribution in [3.05, 3.63) is 40.0 Å². The standard InChI is InChI=1S/C22H24ClN3O5S2/c1-31-21(30)25-7-6-22(12-25)13-26(16-5-4-14(23)9-15(16)22)18(27)10-17-24-11-20(33-17)32-8-2-3-19(28)29/h4-5,9,11H,2-3,6-8,10,12-13H2,1H3,(H,28,29). The topological polar surface area (TPSA) is 100 Å². The Kier molecular flexibility index (Phi) is 7.16. The number of benzene rings is 1. The predicted octanol–water partition coefficient (Wildman–Crippen LogP) is 4.05. The molecule has 4 rings (SSSR count). The van der Waals surface area contributed by atoms with Crippen LogP contribution in [0.3, 0.4) is 0 Å². The highest BCUT2D eigenvalue weighted by Gasteiger charge is 2.50. The number of nitrogens with zero attached hydrogens (tertiary/aromatic N) is 3. The third-order valence-electron chi connectivity index (χ3n) is 5.98. The Morgan fingerprint density at radius 1 is 1.33 bits per heavy atom. The van der Waals surface area contributed by atoms with Gasteiger partial charge < -0.3 is 19.6 Å². The third kappa shape index (κ3) is 5.12. The molecular weight excluding hydrogens is 486 g/mol. The number of ether oxygens (including phenoxy) is 1. The summed E-state index contributed by atoms with van der Waals surface area (Å²) < 4.78 is 5.86. The Bertz CT molecular complexity index is 1080. The number of carboxylic acids is 1. The van der Waals surface area contributed by atoms with E-state index in [4.69, 9.17) is 21.4 Å². The van der Waals surface area contributed by atoms with Gasteiger partial charge >= 0.3 is 12.1 Å². The number of fused-ring (bicyclic) bond motifs is 2. The molecule has 2 aromatic rings. The fourth-order valence-electron chi connectivity index (χ4n) is 4.43. The number of aliphatic carboxylic acids is 1. The number of aromatic nitrogens is 1. The lowest BCUT2D eigenvalue weighted by Gasteiger charge is -2.25. The van der Waals surface area contributed by atoms with Crippen molar-refractivity contribution in [1.82, 2.24) is 9.88 Å². The van der Waals surface area contributed by atoms with Crippen LogP contribution in [0.15, 0.2) is 28.6 Å². The van der Waals surface area contributed by atoms with Crippen LogP contribution >= 0.6 is 34.7 Å². The zero-order chi connectivity index (χ0) is 23.6. The van der Waals surface area contributed by atoms with Crippen molar-refractivity contribution >= 4 is 58.4 Å². The van der Waals surface area contributed by atoms with Gasteiger partial charge in [0.2, 0.25) is 5.91 Å². The fraction of sp³-hybridized carbons (Fsp3) is 0.455. The molecule has 0 radical (unpaired) electrons. The number of halogens is 1. The van der Waals surface area contributed by atoms with Crippen LogP contribution in [0, 0.1) is 0 Å². The summed E-state index contributed by atoms with van der Waals surface area (Å²) in [7, 11) is 1.37. The van der Waals surface area contributed by atoms with Crippen LogP contribution < -0.4 is 4.90 Å². The zero-order valence-electron chi connectivity index (χ0n) is 18.1. The minimum Gasteiger partial charge on any atom is -0.481 e. The minimum atomic E-state index is -0.798. The summed E-state index contributed by atoms with van der Waals surface area (Å²) in [5.74, 6) is -0.154. The van der Waals surface area contributed by atoms with Crippen LogP contribution in [0.2, 0.25) is 5.02 Å². The average Bonchev–Trinajstić information content (AvgIpc) is 3.49. The van der Waals surface area contributed by atoms with Crippen LogP contribution in [0.25, 0.3) is 0 Å². The monoisotopic (exact) mass is 509 g/mol. The van der Waals surface area contributed by atoms with Gasteiger partial charge in [0, 0.05) is 42.2 Å². The van der Waals surface area contributed by atoms with E-state index in [1.807, 2.05) is 12.1 Å². The van der Waals surface area contributed by atoms with Crippen molar-refractivity contribution in [1.29, 1.82) is 0 Å². The van der Waals surface area contributed by atoms with Crippen LogP contribution in [0.4, 0.5) is 10.5 Å². The van der Waals surface area contributed by atoms with Crippen molar-refractivity contribution in [2.75, 3.05) is 37.4 Å². The molecule has 0 aliphatic carbocycles. The van der Waals surface area contributed by atoms with Gasteiger partial charge in [-0.05, 0) is 42.4 Å². The smallest absolute Gasteiger partial charge is 0.409 e. The quantitative estimate of drug-likeness (QED) is 0.444. The maximum atomic E-state index is 13.3. The SMILES string of the molecule is COC(=O)N1CCC2(C1)CN(C(=O)Cc1ncc(SCCCC(=O)O)s1)c1ccc(Cl)cc12. The lowest BCUT2D eigenvalue weighted by Crippen LogP contribution is -2.40. The summed E-state index contributed by atoms with van der Waals surface area (Å²) in [6, 6.07) is 5.55. The Labute approximate surface area is 204 Å². The summed E-state index contributed by atoms with van der Waals surface area (Å²) in [5.41, 5.74) is 1.46. The number of anilines is 1. The molecule has 1 fully saturated rings. The van der Waals surface area contributed by atoms with E-state index in [0.717, 1.165) is 26.9 Å². The van der Waals surface area contributed by atoms with Gasteiger partial charge in [0.05, 0.1) is 23.9 Å². The van der Waals surface area contributed by atoms with Gasteiger partial charge in [0.15, 0.2) is 0 Å². The van der Waals surface area contributed by atoms with E-state index < -0.39 is 5.97 Å². The first kappa shape index (κ1) is 23.8. The molecule has 2 amide bonds. The van der Waals surface area contributed by atoms with Crippen molar-refractivity contribution < 1.29 is 24.2 Å². The summed E-state index contributed by atoms with van der Waals surface area (Å²) in [6.07, 6.45) is 3.02. The number of carboxylic acid groups (broad SMARTS) is 1. The summed E-state index contributed by atoms with van der Waals surface area (Å²) in [4.78, 5) is 43.9. The number of carbonyl (C=O) groups excluding carboxylic acids is 2. The number of rotatable bonds is 7. The molecule has 1 N–H and O–H groups in total. The van der Waals surface area contributed by atoms with Crippen molar-refractivity contribution in [3.63, 3.8) is 0 Å². The second-order valence-electron chi connectivity index (χ2n) is 8.16. The first-order valence-electron chi connectivity index (χ1n) is 10.5. The van der Waals surface area contributed by atoms with Crippen molar-refractivity contribution in [2.45, 2.75) is 35.3 Å². The molecule has 1 atom stereocenters. The molecule has 8 nitrogen and oxygen atoms in total. The molecule has 1 unspecified atom stereocenters. The molecular formula is C22H24ClN3O5S2. The van der Waals surface area contributed by atoms with Crippen LogP contribution in [0.1, 0.15) is 29.8 Å². The molecule has 11 heteroatoms. The Balaban J connectivity index is 1.46. The third-order valence-corrected chi connectivity index (χ3v) is 8.50. The predicted molar refractivity (Wildman–Crippen MR) is 127 cm³/mol. The van der Waals surface area contributed by atoms with Gasteiger partial charge in [-0.15, -0.1) is 23.1 Å². The second-order valence-corrected chi connectivity index (χ2v) is 11.1. The molecule has 176 valence electrons. The molecule has 2 aliphatic heterocycles. The molecule has 1 spiro atoms. The van der Waals surface area contributed by atoms with Crippen LogP contribution in [-0.2, 0) is 26.2 Å². The van der Waals surface area contributed by atoms with E-state index in [2.05, 4.69) is 4.98 Å². The highest BCUT2D eigenvalue weighted by Crippen LogP contribution is 2.47. The van der Waals surface area contributed by atoms with Crippen molar-refractivity contribution in [2.24, 2.45) is 0 Å². The number of carbonyl (C=O) groups is 3. The highest BCUT2D eigenvalue weighted by molar-refractivity contribution is 8.01. The largest absolute Gasteiger partial charge is 0.481 e. The van der Waals surface area contributed by atoms with Gasteiger partial charge in [-0.2, -0.15) is 0 Å². The Hall–Kier alpha value is -2.30. The first-order valence-corrected chi connectivity index (χ1v) is 12.7. The lowest BCUT2D eigenvalue weighted by molar-refractivity contribution is -0.137. The van der Waals surface area contributed by atoms with Gasteiger partial charge in [0.1, 0.15) is 5.01 Å². The molecule has 1 aromatic carbocycles. The molecule has 33 heavy (non-hydrogen) atoms. The number of hydrogen-bond acceptors (Lipinski definition) is 7. The summed E-state index contributed by atoms with van der Waals surface area (Å²) >= 11 is 9.31. The molecule has 3 heterocycles. The van der Waals surface area contributed by atoms with E-state index in [1.54, 1.807) is 33.8 Å². The Morgan fingerprint density at radius 2 is 2.15 bits per heavy atom. The van der Waals surface area contributed by atoms with E-state index in [0.29, 0.717) is 36.8 Å². The van der Waals surface area contributed by atoms with Crippen LogP contribution in [-0.4, -0.2) is 65.5 Å². The lowest BCUT2D eigenvalue weighted by atomic mass is 9.81. The first-order chi connectivity index (χ1) is 15.8. The molecule has 0 bridgehead atoms. The van der Waals surface area contributed by atoms with Crippen LogP contribution in [0.5, 0.6) is 0 Å². The zero-order valence-corrected chi connectivity index (χ0v) is 20.5. The molecule has 2 aliphatic rings. The number of thioether (sulfide) groups is 1. The van der Waals surface area contributed by atoms with E-state index in [1.165, 1.54) is 18.4 Å². The van der Waals surface area contributed by atoms with Gasteiger partial charge in [-0.25, -0.2) is 9.78 Å². The molecule has 1 aromatic heterocycles. The average molecular weight is 510 g/mol. The Morgan fingerprint density at radius 3 is 2.91 bits per heavy atom. The molecule has 0 saturated carbocycles. The number of methoxy groups -OCH3 is 1. The summed E-state index contributed by atoms with van der Waals surface area (Å²) in [5, 5.41) is 10.1. The highest BCUT2D eigenvalue weighted by atomic mass is 35.5. The van der Waals surface area contributed by atoms with E-state index >= 15 is 0 Å². The number of hydrogen-bond donors (Lipinski definition) is 1. The van der Waals surface area contributed by atoms with Gasteiger partial charge in [-0.3, -0.25) is 9.59 Å².